The van der Waals surface area contributed by atoms with Crippen molar-refractivity contribution in [1.29, 1.82) is 0 Å². The van der Waals surface area contributed by atoms with E-state index in [9.17, 15) is 9.90 Å². The largest absolute Gasteiger partial charge is 0.497 e. The molecule has 33 heavy (non-hydrogen) atoms. The second kappa shape index (κ2) is 8.39. The summed E-state index contributed by atoms with van der Waals surface area (Å²) in [6.07, 6.45) is 0. The number of aromatic nitrogens is 1. The highest BCUT2D eigenvalue weighted by Gasteiger charge is 2.53. The highest BCUT2D eigenvalue weighted by atomic mass is 16.5. The Balaban J connectivity index is 1.55. The number of benzene rings is 2. The molecule has 0 bridgehead atoms. The average Bonchev–Trinajstić information content (AvgIpc) is 3.17. The molecule has 7 heteroatoms. The van der Waals surface area contributed by atoms with Gasteiger partial charge in [-0.1, -0.05) is 30.3 Å². The van der Waals surface area contributed by atoms with Gasteiger partial charge in [-0.2, -0.15) is 0 Å². The number of rotatable bonds is 5. The van der Waals surface area contributed by atoms with Gasteiger partial charge in [-0.05, 0) is 37.1 Å². The van der Waals surface area contributed by atoms with E-state index in [0.29, 0.717) is 6.54 Å². The minimum atomic E-state index is -0.411. The number of H-pyrrole nitrogens is 1. The number of aliphatic hydroxyl groups is 1. The zero-order valence-electron chi connectivity index (χ0n) is 19.5. The standard InChI is InChI=1S/C26H32N4O3/c1-17(2)27-25(32)30-16-26(14-29(15-26)12-18-7-5-4-6-8-18)23-20-10-9-19(33-3)11-21(20)28-24(23)22(30)13-31/h4-11,17,22,28,31H,12-16H2,1-3H3,(H,27,32)/t22-/m0/s1. The Bertz CT molecular complexity index is 1150. The number of amides is 2. The van der Waals surface area contributed by atoms with Crippen LogP contribution in [-0.2, 0) is 12.0 Å². The maximum absolute atomic E-state index is 13.2. The van der Waals surface area contributed by atoms with Gasteiger partial charge in [0.1, 0.15) is 5.75 Å². The fourth-order valence-electron chi connectivity index (χ4n) is 5.57. The third-order valence-corrected chi connectivity index (χ3v) is 6.90. The summed E-state index contributed by atoms with van der Waals surface area (Å²) in [5.41, 5.74) is 4.25. The number of aliphatic hydroxyl groups excluding tert-OH is 1. The summed E-state index contributed by atoms with van der Waals surface area (Å²) in [6.45, 7) is 6.96. The smallest absolute Gasteiger partial charge is 0.318 e. The molecular weight excluding hydrogens is 416 g/mol. The predicted molar refractivity (Wildman–Crippen MR) is 128 cm³/mol. The van der Waals surface area contributed by atoms with Gasteiger partial charge in [-0.15, -0.1) is 0 Å². The van der Waals surface area contributed by atoms with Gasteiger partial charge < -0.3 is 25.0 Å². The quantitative estimate of drug-likeness (QED) is 0.559. The van der Waals surface area contributed by atoms with Crippen LogP contribution < -0.4 is 10.1 Å². The third kappa shape index (κ3) is 3.75. The lowest BCUT2D eigenvalue weighted by molar-refractivity contribution is 0.00614. The van der Waals surface area contributed by atoms with Gasteiger partial charge in [0.2, 0.25) is 0 Å². The Morgan fingerprint density at radius 1 is 1.21 bits per heavy atom. The summed E-state index contributed by atoms with van der Waals surface area (Å²) in [5, 5.41) is 14.5. The molecule has 7 nitrogen and oxygen atoms in total. The Hall–Kier alpha value is -3.03. The summed E-state index contributed by atoms with van der Waals surface area (Å²) < 4.78 is 5.43. The minimum Gasteiger partial charge on any atom is -0.497 e. The highest BCUT2D eigenvalue weighted by molar-refractivity contribution is 5.89. The number of methoxy groups -OCH3 is 1. The number of ether oxygens (including phenoxy) is 1. The van der Waals surface area contributed by atoms with Crippen molar-refractivity contribution in [2.45, 2.75) is 37.9 Å². The first kappa shape index (κ1) is 21.8. The van der Waals surface area contributed by atoms with Crippen LogP contribution in [0.25, 0.3) is 10.9 Å². The number of carbonyl (C=O) groups is 1. The second-order valence-corrected chi connectivity index (χ2v) is 9.67. The fraction of sp³-hybridized carbons (Fsp3) is 0.423. The van der Waals surface area contributed by atoms with Crippen molar-refractivity contribution in [3.8, 4) is 5.75 Å². The summed E-state index contributed by atoms with van der Waals surface area (Å²) in [6, 6.07) is 16.0. The van der Waals surface area contributed by atoms with Gasteiger partial charge in [0.05, 0.1) is 19.8 Å². The molecule has 2 aliphatic rings. The molecule has 2 amide bonds. The molecule has 3 N–H and O–H groups in total. The molecule has 2 aromatic carbocycles. The molecule has 0 radical (unpaired) electrons. The number of nitrogens with zero attached hydrogens (tertiary/aromatic N) is 2. The molecule has 3 heterocycles. The monoisotopic (exact) mass is 448 g/mol. The number of nitrogens with one attached hydrogen (secondary N) is 2. The van der Waals surface area contributed by atoms with Gasteiger partial charge in [0.25, 0.3) is 0 Å². The van der Waals surface area contributed by atoms with Crippen LogP contribution in [-0.4, -0.2) is 65.3 Å². The molecule has 3 aromatic rings. The van der Waals surface area contributed by atoms with Crippen molar-refractivity contribution < 1.29 is 14.6 Å². The third-order valence-electron chi connectivity index (χ3n) is 6.90. The van der Waals surface area contributed by atoms with E-state index < -0.39 is 6.04 Å². The van der Waals surface area contributed by atoms with Crippen LogP contribution in [0.4, 0.5) is 4.79 Å². The Morgan fingerprint density at radius 3 is 2.64 bits per heavy atom. The average molecular weight is 449 g/mol. The first-order valence-electron chi connectivity index (χ1n) is 11.6. The van der Waals surface area contributed by atoms with E-state index in [1.165, 1.54) is 11.1 Å². The molecule has 5 rings (SSSR count). The van der Waals surface area contributed by atoms with E-state index in [4.69, 9.17) is 4.74 Å². The topological polar surface area (TPSA) is 80.8 Å². The SMILES string of the molecule is COc1ccc2c3c([nH]c2c1)[C@H](CO)N(C(=O)NC(C)C)CC31CN(Cc2ccccc2)C1. The van der Waals surface area contributed by atoms with Crippen molar-refractivity contribution in [2.75, 3.05) is 33.4 Å². The van der Waals surface area contributed by atoms with E-state index in [-0.39, 0.29) is 24.1 Å². The molecule has 1 fully saturated rings. The number of urea groups is 1. The van der Waals surface area contributed by atoms with Crippen LogP contribution in [0.15, 0.2) is 48.5 Å². The molecule has 174 valence electrons. The van der Waals surface area contributed by atoms with Crippen molar-refractivity contribution >= 4 is 16.9 Å². The zero-order valence-corrected chi connectivity index (χ0v) is 19.5. The van der Waals surface area contributed by atoms with Crippen molar-refractivity contribution in [3.05, 3.63) is 65.4 Å². The molecule has 1 atom stereocenters. The van der Waals surface area contributed by atoms with Gasteiger partial charge in [0, 0.05) is 60.3 Å². The first-order valence-corrected chi connectivity index (χ1v) is 11.6. The second-order valence-electron chi connectivity index (χ2n) is 9.67. The van der Waals surface area contributed by atoms with Crippen molar-refractivity contribution in [2.24, 2.45) is 0 Å². The maximum Gasteiger partial charge on any atom is 0.318 e. The lowest BCUT2D eigenvalue weighted by Gasteiger charge is -2.56. The molecule has 1 saturated heterocycles. The molecule has 2 aliphatic heterocycles. The number of aromatic amines is 1. The Labute approximate surface area is 194 Å². The number of fused-ring (bicyclic) bond motifs is 4. The van der Waals surface area contributed by atoms with Gasteiger partial charge in [-0.3, -0.25) is 4.90 Å². The van der Waals surface area contributed by atoms with Gasteiger partial charge >= 0.3 is 6.03 Å². The van der Waals surface area contributed by atoms with E-state index in [2.05, 4.69) is 45.5 Å². The van der Waals surface area contributed by atoms with E-state index in [1.54, 1.807) is 7.11 Å². The maximum atomic E-state index is 13.2. The van der Waals surface area contributed by atoms with E-state index in [0.717, 1.165) is 42.0 Å². The van der Waals surface area contributed by atoms with Crippen LogP contribution in [0.3, 0.4) is 0 Å². The van der Waals surface area contributed by atoms with Crippen LogP contribution >= 0.6 is 0 Å². The number of hydrogen-bond donors (Lipinski definition) is 3. The molecule has 0 saturated carbocycles. The first-order chi connectivity index (χ1) is 15.9. The van der Waals surface area contributed by atoms with Crippen molar-refractivity contribution in [1.82, 2.24) is 20.1 Å². The van der Waals surface area contributed by atoms with Crippen LogP contribution in [0, 0.1) is 0 Å². The number of likely N-dealkylation sites (tertiary alicyclic amines) is 1. The van der Waals surface area contributed by atoms with Crippen LogP contribution in [0.1, 0.15) is 36.7 Å². The predicted octanol–water partition coefficient (Wildman–Crippen LogP) is 3.40. The number of carbonyl (C=O) groups excluding carboxylic acids is 1. The van der Waals surface area contributed by atoms with Crippen LogP contribution in [0.5, 0.6) is 5.75 Å². The molecular formula is C26H32N4O3. The van der Waals surface area contributed by atoms with E-state index >= 15 is 0 Å². The highest BCUT2D eigenvalue weighted by Crippen LogP contribution is 2.48. The lowest BCUT2D eigenvalue weighted by Crippen LogP contribution is -2.67. The van der Waals surface area contributed by atoms with E-state index in [1.807, 2.05) is 36.9 Å². The minimum absolute atomic E-state index is 0.0251. The van der Waals surface area contributed by atoms with Gasteiger partial charge in [0.15, 0.2) is 0 Å². The number of hydrogen-bond acceptors (Lipinski definition) is 4. The molecule has 1 spiro atoms. The Morgan fingerprint density at radius 2 is 1.97 bits per heavy atom. The molecule has 0 unspecified atom stereocenters. The molecule has 1 aromatic heterocycles. The van der Waals surface area contributed by atoms with Crippen molar-refractivity contribution in [3.63, 3.8) is 0 Å². The Kier molecular flexibility index (Phi) is 5.54. The normalized spacial score (nSPS) is 19.5. The van der Waals surface area contributed by atoms with Crippen LogP contribution in [0.2, 0.25) is 0 Å². The summed E-state index contributed by atoms with van der Waals surface area (Å²) in [7, 11) is 1.66. The van der Waals surface area contributed by atoms with Gasteiger partial charge in [-0.25, -0.2) is 4.79 Å². The summed E-state index contributed by atoms with van der Waals surface area (Å²) in [4.78, 5) is 20.9. The fourth-order valence-corrected chi connectivity index (χ4v) is 5.57. The summed E-state index contributed by atoms with van der Waals surface area (Å²) >= 11 is 0. The lowest BCUT2D eigenvalue weighted by atomic mass is 9.68. The molecule has 0 aliphatic carbocycles. The summed E-state index contributed by atoms with van der Waals surface area (Å²) in [5.74, 6) is 0.782. The zero-order chi connectivity index (χ0) is 23.2.